The van der Waals surface area contributed by atoms with Gasteiger partial charge in [-0.3, -0.25) is 19.3 Å². The van der Waals surface area contributed by atoms with E-state index in [-0.39, 0.29) is 18.1 Å². The quantitative estimate of drug-likeness (QED) is 0.549. The number of benzene rings is 1. The lowest BCUT2D eigenvalue weighted by molar-refractivity contribution is -0.209. The zero-order valence-electron chi connectivity index (χ0n) is 14.7. The average Bonchev–Trinajstić information content (AvgIpc) is 2.65. The molecule has 2 aliphatic heterocycles. The molecule has 3 rings (SSSR count). The van der Waals surface area contributed by atoms with E-state index < -0.39 is 35.2 Å². The second kappa shape index (κ2) is 8.30. The smallest absolute Gasteiger partial charge is 0.352 e. The van der Waals surface area contributed by atoms with Crippen LogP contribution in [0.5, 0.6) is 0 Å². The number of β-lactam (4-membered cyclic amide) rings is 1. The fourth-order valence-electron chi connectivity index (χ4n) is 3.12. The zero-order valence-corrected chi connectivity index (χ0v) is 16.3. The summed E-state index contributed by atoms with van der Waals surface area (Å²) in [5.41, 5.74) is 7.23. The minimum absolute atomic E-state index is 0. The number of aliphatic carboxylic acids is 1. The van der Waals surface area contributed by atoms with Crippen molar-refractivity contribution in [1.29, 1.82) is 0 Å². The van der Waals surface area contributed by atoms with Gasteiger partial charge in [0.25, 0.3) is 11.8 Å². The Morgan fingerprint density at radius 2 is 2.00 bits per heavy atom. The normalized spacial score (nSPS) is 22.3. The molecular weight excluding hydrogens is 394 g/mol. The molecule has 27 heavy (non-hydrogen) atoms. The summed E-state index contributed by atoms with van der Waals surface area (Å²) in [5, 5.41) is 9.84. The van der Waals surface area contributed by atoms with Crippen LogP contribution in [0.15, 0.2) is 41.6 Å². The summed E-state index contributed by atoms with van der Waals surface area (Å²) in [6.07, 6.45) is 0. The van der Waals surface area contributed by atoms with Gasteiger partial charge in [-0.05, 0) is 18.1 Å². The van der Waals surface area contributed by atoms with Crippen molar-refractivity contribution in [2.45, 2.75) is 24.4 Å². The number of hydrogen-bond donors (Lipinski definition) is 2. The predicted octanol–water partition coefficient (Wildman–Crippen LogP) is 1.14. The molecule has 3 atom stereocenters. The Hall–Kier alpha value is -2.07. The number of thioether (sulfide) groups is 1. The van der Waals surface area contributed by atoms with Gasteiger partial charge in [-0.2, -0.15) is 0 Å². The number of hydroxylamine groups is 2. The molecule has 1 saturated heterocycles. The van der Waals surface area contributed by atoms with Crippen molar-refractivity contribution in [3.05, 3.63) is 47.2 Å². The summed E-state index contributed by atoms with van der Waals surface area (Å²) in [6.45, 7) is 1.68. The minimum atomic E-state index is -1.16. The Kier molecular flexibility index (Phi) is 6.53. The van der Waals surface area contributed by atoms with Crippen LogP contribution in [0.4, 0.5) is 0 Å². The molecule has 8 nitrogen and oxygen atoms in total. The number of amides is 2. The molecule has 0 aromatic heterocycles. The van der Waals surface area contributed by atoms with E-state index in [0.29, 0.717) is 16.9 Å². The zero-order chi connectivity index (χ0) is 19.0. The van der Waals surface area contributed by atoms with Gasteiger partial charge in [-0.15, -0.1) is 24.2 Å². The van der Waals surface area contributed by atoms with Crippen molar-refractivity contribution in [3.63, 3.8) is 0 Å². The first kappa shape index (κ1) is 21.2. The largest absolute Gasteiger partial charge is 0.477 e. The van der Waals surface area contributed by atoms with Crippen molar-refractivity contribution >= 4 is 42.0 Å². The number of carboxylic acid groups (broad SMARTS) is 1. The van der Waals surface area contributed by atoms with Gasteiger partial charge in [0.05, 0.1) is 7.11 Å². The van der Waals surface area contributed by atoms with Crippen molar-refractivity contribution in [1.82, 2.24) is 9.96 Å². The Balaban J connectivity index is 0.00000261. The first-order valence-corrected chi connectivity index (χ1v) is 8.98. The molecule has 1 fully saturated rings. The topological polar surface area (TPSA) is 113 Å². The van der Waals surface area contributed by atoms with E-state index in [4.69, 9.17) is 10.6 Å². The van der Waals surface area contributed by atoms with Gasteiger partial charge in [0, 0.05) is 5.75 Å². The van der Waals surface area contributed by atoms with Gasteiger partial charge >= 0.3 is 5.97 Å². The van der Waals surface area contributed by atoms with E-state index in [2.05, 4.69) is 0 Å². The van der Waals surface area contributed by atoms with Crippen molar-refractivity contribution in [2.75, 3.05) is 12.9 Å². The summed E-state index contributed by atoms with van der Waals surface area (Å²) in [7, 11) is 1.29. The molecule has 0 bridgehead atoms. The summed E-state index contributed by atoms with van der Waals surface area (Å²) < 4.78 is 0. The maximum atomic E-state index is 12.8. The molecule has 1 aromatic carbocycles. The maximum Gasteiger partial charge on any atom is 0.352 e. The highest BCUT2D eigenvalue weighted by Crippen LogP contribution is 2.42. The number of hydrogen-bond acceptors (Lipinski definition) is 6. The fourth-order valence-corrected chi connectivity index (χ4v) is 4.44. The third-order valence-electron chi connectivity index (χ3n) is 4.42. The van der Waals surface area contributed by atoms with Gasteiger partial charge in [-0.1, -0.05) is 30.3 Å². The van der Waals surface area contributed by atoms with Crippen LogP contribution in [0.25, 0.3) is 0 Å². The van der Waals surface area contributed by atoms with Crippen LogP contribution < -0.4 is 5.73 Å². The Morgan fingerprint density at radius 3 is 2.56 bits per heavy atom. The van der Waals surface area contributed by atoms with Crippen molar-refractivity contribution in [2.24, 2.45) is 5.73 Å². The molecule has 2 aliphatic rings. The number of nitrogens with zero attached hydrogens (tertiary/aromatic N) is 2. The van der Waals surface area contributed by atoms with Crippen molar-refractivity contribution in [3.8, 4) is 0 Å². The average molecular weight is 414 g/mol. The summed E-state index contributed by atoms with van der Waals surface area (Å²) >= 11 is 1.39. The number of carboxylic acids is 1. The summed E-state index contributed by atoms with van der Waals surface area (Å²) in [4.78, 5) is 43.3. The van der Waals surface area contributed by atoms with Gasteiger partial charge < -0.3 is 10.8 Å². The van der Waals surface area contributed by atoms with Gasteiger partial charge in [0.15, 0.2) is 6.04 Å². The maximum absolute atomic E-state index is 12.8. The highest BCUT2D eigenvalue weighted by Gasteiger charge is 2.57. The van der Waals surface area contributed by atoms with Gasteiger partial charge in [0.2, 0.25) is 0 Å². The molecular formula is C17H20ClN3O5S. The number of halogens is 1. The van der Waals surface area contributed by atoms with Crippen LogP contribution in [0, 0.1) is 0 Å². The minimum Gasteiger partial charge on any atom is -0.477 e. The second-order valence-electron chi connectivity index (χ2n) is 6.02. The first-order chi connectivity index (χ1) is 12.4. The Bertz CT molecular complexity index is 788. The van der Waals surface area contributed by atoms with Crippen LogP contribution in [0.2, 0.25) is 0 Å². The van der Waals surface area contributed by atoms with Crippen LogP contribution in [-0.4, -0.2) is 57.1 Å². The monoisotopic (exact) mass is 413 g/mol. The highest BCUT2D eigenvalue weighted by molar-refractivity contribution is 8.00. The Morgan fingerprint density at radius 1 is 1.37 bits per heavy atom. The standard InChI is InChI=1S/C17H19N3O5S.ClH/c1-9-8-26-16-13(15(22)19(16)12(9)17(23)24)20(25-2)14(21)11(18)10-6-4-3-5-7-10;/h3-7,11,13,16H,8,18H2,1-2H3,(H,23,24);1H/t11?,13?,16-;/m1./s1. The van der Waals surface area contributed by atoms with E-state index in [9.17, 15) is 19.5 Å². The van der Waals surface area contributed by atoms with E-state index in [0.717, 1.165) is 5.06 Å². The first-order valence-electron chi connectivity index (χ1n) is 7.94. The highest BCUT2D eigenvalue weighted by atomic mass is 35.5. The number of rotatable bonds is 5. The van der Waals surface area contributed by atoms with Crippen LogP contribution >= 0.6 is 24.2 Å². The molecule has 2 unspecified atom stereocenters. The van der Waals surface area contributed by atoms with Crippen LogP contribution in [-0.2, 0) is 19.2 Å². The molecule has 2 amide bonds. The summed E-state index contributed by atoms with van der Waals surface area (Å²) in [6, 6.07) is 6.88. The molecule has 2 heterocycles. The lowest BCUT2D eigenvalue weighted by atomic mass is 10.0. The van der Waals surface area contributed by atoms with E-state index in [1.165, 1.54) is 23.8 Å². The molecule has 0 aliphatic carbocycles. The lowest BCUT2D eigenvalue weighted by Crippen LogP contribution is -2.71. The number of carbonyl (C=O) groups excluding carboxylic acids is 2. The lowest BCUT2D eigenvalue weighted by Gasteiger charge is -2.51. The third kappa shape index (κ3) is 3.55. The third-order valence-corrected chi connectivity index (χ3v) is 5.83. The number of fused-ring (bicyclic) bond motifs is 1. The fraction of sp³-hybridized carbons (Fsp3) is 0.353. The van der Waals surface area contributed by atoms with E-state index >= 15 is 0 Å². The van der Waals surface area contributed by atoms with Gasteiger partial charge in [-0.25, -0.2) is 9.86 Å². The molecule has 0 spiro atoms. The van der Waals surface area contributed by atoms with Crippen molar-refractivity contribution < 1.29 is 24.3 Å². The number of carbonyl (C=O) groups is 3. The van der Waals surface area contributed by atoms with Crippen LogP contribution in [0.1, 0.15) is 18.5 Å². The van der Waals surface area contributed by atoms with Gasteiger partial charge in [0.1, 0.15) is 17.1 Å². The van der Waals surface area contributed by atoms with E-state index in [1.54, 1.807) is 31.2 Å². The second-order valence-corrected chi connectivity index (χ2v) is 7.13. The van der Waals surface area contributed by atoms with E-state index in [1.807, 2.05) is 6.07 Å². The SMILES string of the molecule is CON(C(=O)C(N)c1ccccc1)C1C(=O)N2C(C(=O)O)=C(C)CS[C@H]12.Cl. The molecule has 0 saturated carbocycles. The summed E-state index contributed by atoms with van der Waals surface area (Å²) in [5.74, 6) is -1.74. The molecule has 0 radical (unpaired) electrons. The predicted molar refractivity (Wildman–Crippen MR) is 102 cm³/mol. The van der Waals surface area contributed by atoms with Crippen LogP contribution in [0.3, 0.4) is 0 Å². The molecule has 3 N–H and O–H groups in total. The number of nitrogens with two attached hydrogens (primary N) is 1. The molecule has 1 aromatic rings. The molecule has 10 heteroatoms. The molecule has 146 valence electrons. The Labute approximate surface area is 166 Å².